The SMILES string of the molecule is COC(=O)c1coc(Cn2cnc3c2c(=O)n(CC(C)C)c(=O)n3-c2ccccc2)n1. The summed E-state index contributed by atoms with van der Waals surface area (Å²) >= 11 is 0. The molecule has 0 bridgehead atoms. The Morgan fingerprint density at radius 2 is 1.94 bits per heavy atom. The van der Waals surface area contributed by atoms with Crippen LogP contribution in [-0.4, -0.2) is 36.7 Å². The lowest BCUT2D eigenvalue weighted by molar-refractivity contribution is 0.0594. The van der Waals surface area contributed by atoms with Gasteiger partial charge in [-0.2, -0.15) is 0 Å². The number of esters is 1. The summed E-state index contributed by atoms with van der Waals surface area (Å²) in [6.07, 6.45) is 2.64. The normalized spacial score (nSPS) is 11.4. The third-order valence-electron chi connectivity index (χ3n) is 4.71. The van der Waals surface area contributed by atoms with Crippen LogP contribution in [0.4, 0.5) is 0 Å². The summed E-state index contributed by atoms with van der Waals surface area (Å²) in [6.45, 7) is 4.18. The summed E-state index contributed by atoms with van der Waals surface area (Å²) < 4.78 is 14.2. The zero-order chi connectivity index (χ0) is 22.1. The maximum Gasteiger partial charge on any atom is 0.360 e. The molecule has 0 aliphatic heterocycles. The Labute approximate surface area is 176 Å². The second-order valence-corrected chi connectivity index (χ2v) is 7.43. The number of ether oxygens (including phenoxy) is 1. The van der Waals surface area contributed by atoms with Gasteiger partial charge < -0.3 is 13.7 Å². The Morgan fingerprint density at radius 1 is 1.19 bits per heavy atom. The molecule has 0 fully saturated rings. The quantitative estimate of drug-likeness (QED) is 0.435. The zero-order valence-electron chi connectivity index (χ0n) is 17.3. The highest BCUT2D eigenvalue weighted by molar-refractivity contribution is 5.86. The van der Waals surface area contributed by atoms with Gasteiger partial charge in [-0.15, -0.1) is 0 Å². The van der Waals surface area contributed by atoms with Crippen LogP contribution in [0, 0.1) is 5.92 Å². The van der Waals surface area contributed by atoms with Crippen molar-refractivity contribution < 1.29 is 13.9 Å². The highest BCUT2D eigenvalue weighted by atomic mass is 16.5. The smallest absolute Gasteiger partial charge is 0.360 e. The van der Waals surface area contributed by atoms with E-state index in [2.05, 4.69) is 14.7 Å². The maximum absolute atomic E-state index is 13.3. The first-order valence-corrected chi connectivity index (χ1v) is 9.69. The van der Waals surface area contributed by atoms with E-state index in [4.69, 9.17) is 4.42 Å². The van der Waals surface area contributed by atoms with Gasteiger partial charge in [0.1, 0.15) is 12.8 Å². The van der Waals surface area contributed by atoms with E-state index >= 15 is 0 Å². The average molecular weight is 423 g/mol. The predicted octanol–water partition coefficient (Wildman–Crippen LogP) is 1.83. The van der Waals surface area contributed by atoms with Crippen LogP contribution in [0.3, 0.4) is 0 Å². The number of oxazole rings is 1. The Bertz CT molecular complexity index is 1360. The Morgan fingerprint density at radius 3 is 2.61 bits per heavy atom. The van der Waals surface area contributed by atoms with E-state index in [9.17, 15) is 14.4 Å². The van der Waals surface area contributed by atoms with E-state index < -0.39 is 17.2 Å². The molecule has 3 aromatic heterocycles. The van der Waals surface area contributed by atoms with Gasteiger partial charge in [-0.1, -0.05) is 32.0 Å². The Kier molecular flexibility index (Phi) is 5.28. The molecule has 31 heavy (non-hydrogen) atoms. The summed E-state index contributed by atoms with van der Waals surface area (Å²) in [5.74, 6) is -0.340. The number of aromatic nitrogens is 5. The highest BCUT2D eigenvalue weighted by Crippen LogP contribution is 2.15. The number of methoxy groups -OCH3 is 1. The number of fused-ring (bicyclic) bond motifs is 1. The fourth-order valence-electron chi connectivity index (χ4n) is 3.36. The minimum absolute atomic E-state index is 0.0281. The lowest BCUT2D eigenvalue weighted by atomic mass is 10.2. The van der Waals surface area contributed by atoms with Crippen molar-refractivity contribution in [3.05, 3.63) is 75.3 Å². The molecule has 10 heteroatoms. The average Bonchev–Trinajstić information content (AvgIpc) is 3.39. The van der Waals surface area contributed by atoms with Crippen molar-refractivity contribution >= 4 is 17.1 Å². The molecule has 160 valence electrons. The van der Waals surface area contributed by atoms with Gasteiger partial charge in [0.2, 0.25) is 5.89 Å². The van der Waals surface area contributed by atoms with Crippen LogP contribution in [0.1, 0.15) is 30.2 Å². The topological polar surface area (TPSA) is 114 Å². The number of hydrogen-bond acceptors (Lipinski definition) is 7. The van der Waals surface area contributed by atoms with E-state index in [-0.39, 0.29) is 41.8 Å². The van der Waals surface area contributed by atoms with Gasteiger partial charge in [-0.25, -0.2) is 24.1 Å². The molecule has 10 nitrogen and oxygen atoms in total. The molecule has 0 radical (unpaired) electrons. The number of carbonyl (C=O) groups excluding carboxylic acids is 1. The molecule has 0 saturated heterocycles. The van der Waals surface area contributed by atoms with Crippen LogP contribution in [0.25, 0.3) is 16.9 Å². The van der Waals surface area contributed by atoms with E-state index in [1.54, 1.807) is 16.7 Å². The first kappa shape index (κ1) is 20.3. The minimum atomic E-state index is -0.623. The van der Waals surface area contributed by atoms with Gasteiger partial charge in [-0.05, 0) is 18.1 Å². The van der Waals surface area contributed by atoms with Crippen LogP contribution in [0.5, 0.6) is 0 Å². The van der Waals surface area contributed by atoms with Gasteiger partial charge in [-0.3, -0.25) is 9.36 Å². The summed E-state index contributed by atoms with van der Waals surface area (Å²) in [4.78, 5) is 46.5. The first-order valence-electron chi connectivity index (χ1n) is 9.69. The molecule has 0 unspecified atom stereocenters. The fourth-order valence-corrected chi connectivity index (χ4v) is 3.36. The molecular weight excluding hydrogens is 402 g/mol. The molecule has 0 aliphatic rings. The van der Waals surface area contributed by atoms with Crippen molar-refractivity contribution in [3.8, 4) is 5.69 Å². The molecule has 0 aliphatic carbocycles. The minimum Gasteiger partial charge on any atom is -0.464 e. The largest absolute Gasteiger partial charge is 0.464 e. The monoisotopic (exact) mass is 423 g/mol. The lowest BCUT2D eigenvalue weighted by Gasteiger charge is -2.13. The molecule has 3 heterocycles. The van der Waals surface area contributed by atoms with Crippen LogP contribution in [0.2, 0.25) is 0 Å². The molecule has 0 amide bonds. The molecule has 4 rings (SSSR count). The van der Waals surface area contributed by atoms with Crippen molar-refractivity contribution in [2.24, 2.45) is 5.92 Å². The number of nitrogens with zero attached hydrogens (tertiary/aromatic N) is 5. The molecule has 0 atom stereocenters. The predicted molar refractivity (Wildman–Crippen MR) is 111 cm³/mol. The lowest BCUT2D eigenvalue weighted by Crippen LogP contribution is -2.41. The van der Waals surface area contributed by atoms with Crippen molar-refractivity contribution in [1.82, 2.24) is 23.7 Å². The van der Waals surface area contributed by atoms with E-state index in [1.807, 2.05) is 32.0 Å². The number of hydrogen-bond donors (Lipinski definition) is 0. The third-order valence-corrected chi connectivity index (χ3v) is 4.71. The number of para-hydroxylation sites is 1. The Balaban J connectivity index is 1.91. The van der Waals surface area contributed by atoms with Crippen molar-refractivity contribution in [1.29, 1.82) is 0 Å². The summed E-state index contributed by atoms with van der Waals surface area (Å²) in [6, 6.07) is 9.02. The summed E-state index contributed by atoms with van der Waals surface area (Å²) in [7, 11) is 1.25. The van der Waals surface area contributed by atoms with Gasteiger partial charge in [0, 0.05) is 6.54 Å². The zero-order valence-corrected chi connectivity index (χ0v) is 17.3. The van der Waals surface area contributed by atoms with Crippen LogP contribution in [-0.2, 0) is 17.8 Å². The molecule has 0 N–H and O–H groups in total. The molecule has 0 spiro atoms. The van der Waals surface area contributed by atoms with Crippen LogP contribution >= 0.6 is 0 Å². The van der Waals surface area contributed by atoms with Gasteiger partial charge in [0.25, 0.3) is 5.56 Å². The van der Waals surface area contributed by atoms with Crippen molar-refractivity contribution in [2.75, 3.05) is 7.11 Å². The molecule has 1 aromatic carbocycles. The number of rotatable bonds is 6. The maximum atomic E-state index is 13.3. The first-order chi connectivity index (χ1) is 14.9. The Hall–Kier alpha value is -3.95. The molecule has 4 aromatic rings. The highest BCUT2D eigenvalue weighted by Gasteiger charge is 2.21. The van der Waals surface area contributed by atoms with Crippen LogP contribution < -0.4 is 11.2 Å². The van der Waals surface area contributed by atoms with Gasteiger partial charge >= 0.3 is 11.7 Å². The summed E-state index contributed by atoms with van der Waals surface area (Å²) in [5.41, 5.74) is 0.206. The molecule has 0 saturated carbocycles. The second kappa shape index (κ2) is 8.05. The van der Waals surface area contributed by atoms with Crippen LogP contribution in [0.15, 0.2) is 56.9 Å². The van der Waals surface area contributed by atoms with E-state index in [1.165, 1.54) is 28.8 Å². The van der Waals surface area contributed by atoms with Crippen molar-refractivity contribution in [2.45, 2.75) is 26.9 Å². The van der Waals surface area contributed by atoms with Gasteiger partial charge in [0.05, 0.1) is 19.1 Å². The summed E-state index contributed by atoms with van der Waals surface area (Å²) in [5, 5.41) is 0. The second-order valence-electron chi connectivity index (χ2n) is 7.43. The van der Waals surface area contributed by atoms with E-state index in [0.29, 0.717) is 5.69 Å². The third kappa shape index (κ3) is 3.67. The van der Waals surface area contributed by atoms with E-state index in [0.717, 1.165) is 0 Å². The number of imidazole rings is 1. The number of carbonyl (C=O) groups is 1. The standard InChI is InChI=1S/C21H21N5O5/c1-13(2)9-25-19(27)17-18(26(21(25)29)14-7-5-4-6-8-14)22-12-24(17)10-16-23-15(11-31-16)20(28)30-3/h4-8,11-13H,9-10H2,1-3H3. The fraction of sp³-hybridized carbons (Fsp3) is 0.286. The number of benzene rings is 1. The molecular formula is C21H21N5O5. The van der Waals surface area contributed by atoms with Gasteiger partial charge in [0.15, 0.2) is 16.9 Å². The van der Waals surface area contributed by atoms with Crippen molar-refractivity contribution in [3.63, 3.8) is 0 Å².